The number of Topliss-reactive ketones (excluding diaryl/α,β-unsaturated/α-hetero) is 1. The van der Waals surface area contributed by atoms with E-state index in [9.17, 15) is 18.0 Å². The average molecular weight is 242 g/mol. The Labute approximate surface area is 97.6 Å². The maximum atomic E-state index is 12.0. The molecular formula is C13H13F3O. The number of rotatable bonds is 3. The van der Waals surface area contributed by atoms with Gasteiger partial charge in [-0.15, -0.1) is 0 Å². The summed E-state index contributed by atoms with van der Waals surface area (Å²) in [6.45, 7) is 0. The predicted molar refractivity (Wildman–Crippen MR) is 57.9 cm³/mol. The summed E-state index contributed by atoms with van der Waals surface area (Å²) in [5.74, 6) is -0.768. The number of aryl methyl sites for hydroxylation is 2. The van der Waals surface area contributed by atoms with E-state index >= 15 is 0 Å². The Bertz CT molecular complexity index is 435. The molecule has 0 aliphatic heterocycles. The predicted octanol–water partition coefficient (Wildman–Crippen LogP) is 3.24. The third-order valence-electron chi connectivity index (χ3n) is 2.96. The molecule has 0 saturated heterocycles. The lowest BCUT2D eigenvalue weighted by molar-refractivity contribution is -0.151. The van der Waals surface area contributed by atoms with Crippen molar-refractivity contribution in [2.24, 2.45) is 0 Å². The maximum absolute atomic E-state index is 12.0. The van der Waals surface area contributed by atoms with E-state index in [1.54, 1.807) is 6.07 Å². The molecule has 92 valence electrons. The monoisotopic (exact) mass is 242 g/mol. The second-order valence-electron chi connectivity index (χ2n) is 4.46. The fourth-order valence-electron chi connectivity index (χ4n) is 2.25. The first-order valence-corrected chi connectivity index (χ1v) is 5.63. The van der Waals surface area contributed by atoms with Crippen molar-refractivity contribution >= 4 is 5.78 Å². The molecule has 0 amide bonds. The lowest BCUT2D eigenvalue weighted by atomic mass is 10.0. The van der Waals surface area contributed by atoms with E-state index in [4.69, 9.17) is 0 Å². The molecule has 1 nitrogen and oxygen atoms in total. The highest BCUT2D eigenvalue weighted by Crippen LogP contribution is 2.24. The molecule has 0 N–H and O–H groups in total. The van der Waals surface area contributed by atoms with Gasteiger partial charge in [0.15, 0.2) is 0 Å². The van der Waals surface area contributed by atoms with Crippen LogP contribution in [-0.2, 0) is 24.1 Å². The maximum Gasteiger partial charge on any atom is 0.395 e. The second-order valence-corrected chi connectivity index (χ2v) is 4.46. The van der Waals surface area contributed by atoms with Gasteiger partial charge in [0.1, 0.15) is 12.2 Å². The van der Waals surface area contributed by atoms with Gasteiger partial charge >= 0.3 is 6.18 Å². The van der Waals surface area contributed by atoms with E-state index in [1.807, 2.05) is 12.1 Å². The highest BCUT2D eigenvalue weighted by molar-refractivity contribution is 5.81. The topological polar surface area (TPSA) is 17.1 Å². The fourth-order valence-corrected chi connectivity index (χ4v) is 2.25. The molecule has 0 unspecified atom stereocenters. The van der Waals surface area contributed by atoms with Crippen LogP contribution in [0.15, 0.2) is 18.2 Å². The van der Waals surface area contributed by atoms with E-state index < -0.39 is 18.4 Å². The Kier molecular flexibility index (Phi) is 3.22. The zero-order valence-electron chi connectivity index (χ0n) is 9.31. The van der Waals surface area contributed by atoms with Crippen molar-refractivity contribution in [2.45, 2.75) is 38.3 Å². The minimum absolute atomic E-state index is 0.118. The van der Waals surface area contributed by atoms with Gasteiger partial charge < -0.3 is 0 Å². The fraction of sp³-hybridized carbons (Fsp3) is 0.462. The van der Waals surface area contributed by atoms with Gasteiger partial charge in [-0.1, -0.05) is 18.2 Å². The molecule has 0 aromatic heterocycles. The number of ketones is 1. The number of fused-ring (bicyclic) bond motifs is 1. The molecule has 0 saturated carbocycles. The average Bonchev–Trinajstić information content (AvgIpc) is 2.61. The summed E-state index contributed by atoms with van der Waals surface area (Å²) in [5.41, 5.74) is 3.14. The molecule has 2 rings (SSSR count). The summed E-state index contributed by atoms with van der Waals surface area (Å²) >= 11 is 0. The normalized spacial score (nSPS) is 14.8. The quantitative estimate of drug-likeness (QED) is 0.795. The largest absolute Gasteiger partial charge is 0.395 e. The highest BCUT2D eigenvalue weighted by Gasteiger charge is 2.30. The lowest BCUT2D eigenvalue weighted by Gasteiger charge is -2.07. The van der Waals surface area contributed by atoms with E-state index in [0.717, 1.165) is 19.3 Å². The first kappa shape index (κ1) is 12.1. The number of carbonyl (C=O) groups excluding carboxylic acids is 1. The molecule has 0 fully saturated rings. The summed E-state index contributed by atoms with van der Waals surface area (Å²) in [4.78, 5) is 11.2. The summed E-state index contributed by atoms with van der Waals surface area (Å²) in [6.07, 6.45) is -2.75. The van der Waals surface area contributed by atoms with Gasteiger partial charge in [-0.05, 0) is 36.0 Å². The van der Waals surface area contributed by atoms with E-state index in [2.05, 4.69) is 0 Å². The Morgan fingerprint density at radius 3 is 2.59 bits per heavy atom. The van der Waals surface area contributed by atoms with Gasteiger partial charge in [0.05, 0.1) is 0 Å². The molecule has 0 spiro atoms. The van der Waals surface area contributed by atoms with E-state index in [0.29, 0.717) is 5.56 Å². The van der Waals surface area contributed by atoms with Gasteiger partial charge in [-0.3, -0.25) is 4.79 Å². The van der Waals surface area contributed by atoms with Crippen LogP contribution in [0.5, 0.6) is 0 Å². The number of alkyl halides is 3. The smallest absolute Gasteiger partial charge is 0.299 e. The van der Waals surface area contributed by atoms with Crippen LogP contribution in [0.2, 0.25) is 0 Å². The molecule has 0 bridgehead atoms. The van der Waals surface area contributed by atoms with Crippen LogP contribution in [0.3, 0.4) is 0 Å². The number of hydrogen-bond acceptors (Lipinski definition) is 1. The van der Waals surface area contributed by atoms with Crippen molar-refractivity contribution in [1.82, 2.24) is 0 Å². The SMILES string of the molecule is O=C(Cc1ccc2c(c1)CCC2)CC(F)(F)F. The Morgan fingerprint density at radius 2 is 1.88 bits per heavy atom. The number of halogens is 3. The van der Waals surface area contributed by atoms with Crippen molar-refractivity contribution in [1.29, 1.82) is 0 Å². The van der Waals surface area contributed by atoms with Crippen molar-refractivity contribution < 1.29 is 18.0 Å². The number of carbonyl (C=O) groups is 1. The van der Waals surface area contributed by atoms with Gasteiger partial charge in [0.2, 0.25) is 0 Å². The lowest BCUT2D eigenvalue weighted by Crippen LogP contribution is -2.16. The molecule has 0 radical (unpaired) electrons. The first-order chi connectivity index (χ1) is 7.94. The molecular weight excluding hydrogens is 229 g/mol. The van der Waals surface area contributed by atoms with Crippen LogP contribution >= 0.6 is 0 Å². The van der Waals surface area contributed by atoms with Crippen LogP contribution in [0, 0.1) is 0 Å². The van der Waals surface area contributed by atoms with Crippen LogP contribution in [0.25, 0.3) is 0 Å². The zero-order valence-corrected chi connectivity index (χ0v) is 9.31. The molecule has 1 aromatic carbocycles. The van der Waals surface area contributed by atoms with Crippen LogP contribution in [0.1, 0.15) is 29.5 Å². The summed E-state index contributed by atoms with van der Waals surface area (Å²) in [5, 5.41) is 0. The first-order valence-electron chi connectivity index (χ1n) is 5.63. The third kappa shape index (κ3) is 3.32. The molecule has 0 heterocycles. The minimum atomic E-state index is -4.40. The van der Waals surface area contributed by atoms with Gasteiger partial charge in [-0.2, -0.15) is 13.2 Å². The standard InChI is InChI=1S/C13H13F3O/c14-13(15,16)8-12(17)7-9-4-5-10-2-1-3-11(10)6-9/h4-6H,1-3,7-8H2. The van der Waals surface area contributed by atoms with Crippen molar-refractivity contribution in [3.05, 3.63) is 34.9 Å². The molecule has 1 aliphatic carbocycles. The van der Waals surface area contributed by atoms with Gasteiger partial charge in [-0.25, -0.2) is 0 Å². The zero-order chi connectivity index (χ0) is 12.5. The van der Waals surface area contributed by atoms with Gasteiger partial charge in [0.25, 0.3) is 0 Å². The van der Waals surface area contributed by atoms with Crippen molar-refractivity contribution in [2.75, 3.05) is 0 Å². The molecule has 1 aliphatic rings. The number of hydrogen-bond donors (Lipinski definition) is 0. The molecule has 4 heteroatoms. The second kappa shape index (κ2) is 4.51. The third-order valence-corrected chi connectivity index (χ3v) is 2.96. The minimum Gasteiger partial charge on any atom is -0.299 e. The van der Waals surface area contributed by atoms with E-state index in [1.165, 1.54) is 11.1 Å². The Morgan fingerprint density at radius 1 is 1.18 bits per heavy atom. The van der Waals surface area contributed by atoms with Crippen molar-refractivity contribution in [3.8, 4) is 0 Å². The molecule has 0 atom stereocenters. The summed E-state index contributed by atoms with van der Waals surface area (Å²) < 4.78 is 36.0. The van der Waals surface area contributed by atoms with Crippen LogP contribution in [-0.4, -0.2) is 12.0 Å². The molecule has 1 aromatic rings. The van der Waals surface area contributed by atoms with Crippen molar-refractivity contribution in [3.63, 3.8) is 0 Å². The Balaban J connectivity index is 2.02. The number of benzene rings is 1. The van der Waals surface area contributed by atoms with Crippen LogP contribution in [0.4, 0.5) is 13.2 Å². The van der Waals surface area contributed by atoms with E-state index in [-0.39, 0.29) is 6.42 Å². The summed E-state index contributed by atoms with van der Waals surface area (Å²) in [7, 11) is 0. The van der Waals surface area contributed by atoms with Crippen LogP contribution < -0.4 is 0 Å². The molecule has 17 heavy (non-hydrogen) atoms. The van der Waals surface area contributed by atoms with Gasteiger partial charge in [0, 0.05) is 6.42 Å². The summed E-state index contributed by atoms with van der Waals surface area (Å²) in [6, 6.07) is 5.56. The Hall–Kier alpha value is -1.32. The highest BCUT2D eigenvalue weighted by atomic mass is 19.4.